The van der Waals surface area contributed by atoms with E-state index >= 15 is 0 Å². The van der Waals surface area contributed by atoms with E-state index in [1.807, 2.05) is 35.7 Å². The fourth-order valence-electron chi connectivity index (χ4n) is 1.77. The minimum absolute atomic E-state index is 0.180. The number of thiophene rings is 1. The van der Waals surface area contributed by atoms with Crippen LogP contribution >= 0.6 is 22.9 Å². The number of carbonyl (C=O) groups excluding carboxylic acids is 1. The molecule has 2 aromatic rings. The number of rotatable bonds is 4. The number of halogens is 1. The maximum atomic E-state index is 12.1. The molecule has 2 rings (SSSR count). The number of hydrogen-bond donors (Lipinski definition) is 0. The van der Waals surface area contributed by atoms with Gasteiger partial charge in [0.1, 0.15) is 0 Å². The van der Waals surface area contributed by atoms with Gasteiger partial charge in [-0.25, -0.2) is 0 Å². The molecule has 0 bridgehead atoms. The van der Waals surface area contributed by atoms with Gasteiger partial charge in [0, 0.05) is 11.4 Å². The Morgan fingerprint density at radius 2 is 2.18 bits per heavy atom. The molecule has 17 heavy (non-hydrogen) atoms. The fourth-order valence-corrected chi connectivity index (χ4v) is 2.92. The SMILES string of the molecule is CCc1ccsc1C(=O)Cc1cccc(Cl)c1. The molecule has 0 saturated heterocycles. The molecule has 0 radical (unpaired) electrons. The first kappa shape index (κ1) is 12.3. The molecular weight excluding hydrogens is 252 g/mol. The van der Waals surface area contributed by atoms with Crippen molar-refractivity contribution >= 4 is 28.7 Å². The summed E-state index contributed by atoms with van der Waals surface area (Å²) in [7, 11) is 0. The molecule has 1 nitrogen and oxygen atoms in total. The Balaban J connectivity index is 2.17. The Bertz CT molecular complexity index is 531. The van der Waals surface area contributed by atoms with Crippen molar-refractivity contribution in [3.8, 4) is 0 Å². The lowest BCUT2D eigenvalue weighted by atomic mass is 10.1. The monoisotopic (exact) mass is 264 g/mol. The second-order valence-electron chi connectivity index (χ2n) is 3.86. The normalized spacial score (nSPS) is 10.5. The van der Waals surface area contributed by atoms with Gasteiger partial charge in [-0.05, 0) is 41.1 Å². The van der Waals surface area contributed by atoms with E-state index in [-0.39, 0.29) is 5.78 Å². The third-order valence-electron chi connectivity index (χ3n) is 2.63. The molecule has 0 unspecified atom stereocenters. The predicted molar refractivity (Wildman–Crippen MR) is 73.2 cm³/mol. The smallest absolute Gasteiger partial charge is 0.177 e. The molecule has 88 valence electrons. The molecule has 0 aliphatic heterocycles. The molecule has 0 N–H and O–H groups in total. The van der Waals surface area contributed by atoms with E-state index in [4.69, 9.17) is 11.6 Å². The number of carbonyl (C=O) groups is 1. The van der Waals surface area contributed by atoms with E-state index in [1.165, 1.54) is 11.3 Å². The quantitative estimate of drug-likeness (QED) is 0.749. The average Bonchev–Trinajstić information content (AvgIpc) is 2.77. The zero-order valence-corrected chi connectivity index (χ0v) is 11.1. The predicted octanol–water partition coefficient (Wildman–Crippen LogP) is 4.39. The van der Waals surface area contributed by atoms with Crippen molar-refractivity contribution in [3.63, 3.8) is 0 Å². The molecule has 1 aromatic carbocycles. The molecule has 0 amide bonds. The second-order valence-corrected chi connectivity index (χ2v) is 5.21. The summed E-state index contributed by atoms with van der Waals surface area (Å²) in [6.07, 6.45) is 1.33. The van der Waals surface area contributed by atoms with E-state index in [0.29, 0.717) is 11.4 Å². The van der Waals surface area contributed by atoms with Crippen LogP contribution in [0.3, 0.4) is 0 Å². The van der Waals surface area contributed by atoms with Gasteiger partial charge in [0.2, 0.25) is 0 Å². The minimum atomic E-state index is 0.180. The highest BCUT2D eigenvalue weighted by atomic mass is 35.5. The summed E-state index contributed by atoms with van der Waals surface area (Å²) in [5.41, 5.74) is 2.11. The fraction of sp³-hybridized carbons (Fsp3) is 0.214. The Hall–Kier alpha value is -1.12. The van der Waals surface area contributed by atoms with Crippen LogP contribution in [-0.2, 0) is 12.8 Å². The summed E-state index contributed by atoms with van der Waals surface area (Å²) in [5.74, 6) is 0.180. The molecule has 0 fully saturated rings. The van der Waals surface area contributed by atoms with Gasteiger partial charge in [-0.2, -0.15) is 0 Å². The van der Waals surface area contributed by atoms with E-state index < -0.39 is 0 Å². The molecule has 1 heterocycles. The summed E-state index contributed by atoms with van der Waals surface area (Å²) in [6, 6.07) is 9.50. The summed E-state index contributed by atoms with van der Waals surface area (Å²) >= 11 is 7.43. The molecule has 0 aliphatic rings. The minimum Gasteiger partial charge on any atom is -0.293 e. The summed E-state index contributed by atoms with van der Waals surface area (Å²) < 4.78 is 0. The standard InChI is InChI=1S/C14H13ClOS/c1-2-11-6-7-17-14(11)13(16)9-10-4-3-5-12(15)8-10/h3-8H,2,9H2,1H3. The van der Waals surface area contributed by atoms with Gasteiger partial charge in [-0.1, -0.05) is 30.7 Å². The first-order valence-corrected chi connectivity index (χ1v) is 6.80. The van der Waals surface area contributed by atoms with Crippen molar-refractivity contribution in [3.05, 3.63) is 56.7 Å². The summed E-state index contributed by atoms with van der Waals surface area (Å²) in [5, 5.41) is 2.65. The molecule has 1 aromatic heterocycles. The van der Waals surface area contributed by atoms with Crippen LogP contribution in [0.5, 0.6) is 0 Å². The van der Waals surface area contributed by atoms with Crippen molar-refractivity contribution in [2.75, 3.05) is 0 Å². The highest BCUT2D eigenvalue weighted by molar-refractivity contribution is 7.12. The van der Waals surface area contributed by atoms with Gasteiger partial charge in [-0.3, -0.25) is 4.79 Å². The van der Waals surface area contributed by atoms with Gasteiger partial charge in [0.05, 0.1) is 4.88 Å². The first-order chi connectivity index (χ1) is 8.20. The van der Waals surface area contributed by atoms with Crippen molar-refractivity contribution in [1.29, 1.82) is 0 Å². The Morgan fingerprint density at radius 3 is 2.88 bits per heavy atom. The number of ketones is 1. The van der Waals surface area contributed by atoms with Crippen LogP contribution in [0.1, 0.15) is 27.7 Å². The van der Waals surface area contributed by atoms with Gasteiger partial charge in [-0.15, -0.1) is 11.3 Å². The topological polar surface area (TPSA) is 17.1 Å². The molecule has 3 heteroatoms. The molecule has 0 aliphatic carbocycles. The lowest BCUT2D eigenvalue weighted by Crippen LogP contribution is -2.03. The van der Waals surface area contributed by atoms with Crippen LogP contribution in [0.2, 0.25) is 5.02 Å². The average molecular weight is 265 g/mol. The highest BCUT2D eigenvalue weighted by Gasteiger charge is 2.12. The maximum absolute atomic E-state index is 12.1. The lowest BCUT2D eigenvalue weighted by Gasteiger charge is -2.02. The van der Waals surface area contributed by atoms with Crippen molar-refractivity contribution in [2.45, 2.75) is 19.8 Å². The molecular formula is C14H13ClOS. The number of hydrogen-bond acceptors (Lipinski definition) is 2. The lowest BCUT2D eigenvalue weighted by molar-refractivity contribution is 0.0996. The van der Waals surface area contributed by atoms with Crippen LogP contribution < -0.4 is 0 Å². The zero-order chi connectivity index (χ0) is 12.3. The zero-order valence-electron chi connectivity index (χ0n) is 9.57. The highest BCUT2D eigenvalue weighted by Crippen LogP contribution is 2.20. The van der Waals surface area contributed by atoms with Gasteiger partial charge >= 0.3 is 0 Å². The maximum Gasteiger partial charge on any atom is 0.177 e. The van der Waals surface area contributed by atoms with Crippen LogP contribution in [0.15, 0.2) is 35.7 Å². The number of benzene rings is 1. The Morgan fingerprint density at radius 1 is 1.35 bits per heavy atom. The summed E-state index contributed by atoms with van der Waals surface area (Å²) in [6.45, 7) is 2.07. The second kappa shape index (κ2) is 5.48. The van der Waals surface area contributed by atoms with Gasteiger partial charge in [0.15, 0.2) is 5.78 Å². The largest absolute Gasteiger partial charge is 0.293 e. The van der Waals surface area contributed by atoms with Gasteiger partial charge in [0.25, 0.3) is 0 Å². The molecule has 0 saturated carbocycles. The van der Waals surface area contributed by atoms with E-state index in [1.54, 1.807) is 0 Å². The number of Topliss-reactive ketones (excluding diaryl/α,β-unsaturated/α-hetero) is 1. The third kappa shape index (κ3) is 2.96. The van der Waals surface area contributed by atoms with Crippen LogP contribution in [0, 0.1) is 0 Å². The third-order valence-corrected chi connectivity index (χ3v) is 3.87. The molecule has 0 atom stereocenters. The van der Waals surface area contributed by atoms with E-state index in [9.17, 15) is 4.79 Å². The van der Waals surface area contributed by atoms with Crippen molar-refractivity contribution < 1.29 is 4.79 Å². The Labute approximate surface area is 110 Å². The first-order valence-electron chi connectivity index (χ1n) is 5.54. The van der Waals surface area contributed by atoms with Gasteiger partial charge < -0.3 is 0 Å². The number of aryl methyl sites for hydroxylation is 1. The summed E-state index contributed by atoms with van der Waals surface area (Å²) in [4.78, 5) is 13.0. The van der Waals surface area contributed by atoms with E-state index in [0.717, 1.165) is 22.4 Å². The van der Waals surface area contributed by atoms with Crippen LogP contribution in [0.25, 0.3) is 0 Å². The Kier molecular flexibility index (Phi) is 3.97. The van der Waals surface area contributed by atoms with Crippen LogP contribution in [0.4, 0.5) is 0 Å². The van der Waals surface area contributed by atoms with Crippen molar-refractivity contribution in [1.82, 2.24) is 0 Å². The van der Waals surface area contributed by atoms with E-state index in [2.05, 4.69) is 6.92 Å². The molecule has 0 spiro atoms. The van der Waals surface area contributed by atoms with Crippen molar-refractivity contribution in [2.24, 2.45) is 0 Å². The van der Waals surface area contributed by atoms with Crippen LogP contribution in [-0.4, -0.2) is 5.78 Å².